The summed E-state index contributed by atoms with van der Waals surface area (Å²) in [5, 5.41) is 3.47. The van der Waals surface area contributed by atoms with Crippen LogP contribution >= 0.6 is 0 Å². The summed E-state index contributed by atoms with van der Waals surface area (Å²) < 4.78 is 26.0. The lowest BCUT2D eigenvalue weighted by molar-refractivity contribution is 0.0143. The van der Waals surface area contributed by atoms with Crippen molar-refractivity contribution in [3.8, 4) is 0 Å². The van der Waals surface area contributed by atoms with Gasteiger partial charge in [0.15, 0.2) is 0 Å². The van der Waals surface area contributed by atoms with Crippen LogP contribution in [0.5, 0.6) is 0 Å². The summed E-state index contributed by atoms with van der Waals surface area (Å²) in [6.45, 7) is 12.8. The highest BCUT2D eigenvalue weighted by molar-refractivity contribution is 5.31. The van der Waals surface area contributed by atoms with Gasteiger partial charge < -0.3 is 5.32 Å². The highest BCUT2D eigenvalue weighted by atomic mass is 19.3. The Morgan fingerprint density at radius 3 is 2.58 bits per heavy atom. The van der Waals surface area contributed by atoms with Crippen LogP contribution in [0.2, 0.25) is 0 Å². The Balaban J connectivity index is 2.49. The molecule has 0 atom stereocenters. The molecule has 0 radical (unpaired) electrons. The van der Waals surface area contributed by atoms with E-state index in [1.54, 1.807) is 13.8 Å². The summed E-state index contributed by atoms with van der Waals surface area (Å²) in [5.74, 6) is 0. The molecular formula is C23H33F2N. The minimum atomic E-state index is -2.29. The third-order valence-corrected chi connectivity index (χ3v) is 4.76. The fraction of sp³-hybridized carbons (Fsp3) is 0.478. The summed E-state index contributed by atoms with van der Waals surface area (Å²) in [6.07, 6.45) is 5.83. The molecule has 0 amide bonds. The predicted molar refractivity (Wildman–Crippen MR) is 109 cm³/mol. The summed E-state index contributed by atoms with van der Waals surface area (Å²) in [4.78, 5) is 0. The Labute approximate surface area is 157 Å². The number of benzene rings is 1. The quantitative estimate of drug-likeness (QED) is 0.352. The molecule has 0 aliphatic heterocycles. The van der Waals surface area contributed by atoms with E-state index in [4.69, 9.17) is 0 Å². The van der Waals surface area contributed by atoms with E-state index in [1.165, 1.54) is 16.7 Å². The monoisotopic (exact) mass is 361 g/mol. The van der Waals surface area contributed by atoms with Crippen LogP contribution in [-0.4, -0.2) is 13.0 Å². The van der Waals surface area contributed by atoms with Gasteiger partial charge in [0, 0.05) is 12.0 Å². The van der Waals surface area contributed by atoms with Crippen LogP contribution in [0.1, 0.15) is 51.7 Å². The van der Waals surface area contributed by atoms with Crippen molar-refractivity contribution < 1.29 is 8.78 Å². The van der Waals surface area contributed by atoms with Crippen molar-refractivity contribution in [1.82, 2.24) is 5.32 Å². The minimum absolute atomic E-state index is 0.487. The average Bonchev–Trinajstić information content (AvgIpc) is 2.60. The van der Waals surface area contributed by atoms with E-state index < -0.39 is 11.8 Å². The van der Waals surface area contributed by atoms with Gasteiger partial charge in [-0.2, -0.15) is 0 Å². The zero-order valence-corrected chi connectivity index (χ0v) is 16.6. The maximum Gasteiger partial charge on any atom is 0.243 e. The SMILES string of the molecule is C=C/C=C(C)/C(=C\C)CCNCc1cccc(CCC(C)(C)C(F)F)c1. The second-order valence-corrected chi connectivity index (χ2v) is 7.44. The molecule has 0 unspecified atom stereocenters. The lowest BCUT2D eigenvalue weighted by Gasteiger charge is -2.23. The fourth-order valence-electron chi connectivity index (χ4n) is 2.78. The lowest BCUT2D eigenvalue weighted by Crippen LogP contribution is -2.22. The Bertz CT molecular complexity index is 627. The maximum absolute atomic E-state index is 13.0. The van der Waals surface area contributed by atoms with Crippen molar-refractivity contribution in [2.75, 3.05) is 6.54 Å². The van der Waals surface area contributed by atoms with E-state index in [0.29, 0.717) is 12.8 Å². The van der Waals surface area contributed by atoms with E-state index >= 15 is 0 Å². The van der Waals surface area contributed by atoms with Crippen LogP contribution < -0.4 is 5.32 Å². The first-order valence-corrected chi connectivity index (χ1v) is 9.31. The smallest absolute Gasteiger partial charge is 0.243 e. The Morgan fingerprint density at radius 1 is 1.27 bits per heavy atom. The minimum Gasteiger partial charge on any atom is -0.312 e. The molecular weight excluding hydrogens is 328 g/mol. The van der Waals surface area contributed by atoms with Crippen molar-refractivity contribution in [3.05, 3.63) is 71.3 Å². The molecule has 1 N–H and O–H groups in total. The number of rotatable bonds is 11. The molecule has 0 bridgehead atoms. The molecule has 0 aromatic heterocycles. The van der Waals surface area contributed by atoms with Gasteiger partial charge in [0.05, 0.1) is 0 Å². The number of halogens is 2. The predicted octanol–water partition coefficient (Wildman–Crippen LogP) is 6.47. The van der Waals surface area contributed by atoms with Crippen molar-refractivity contribution in [3.63, 3.8) is 0 Å². The van der Waals surface area contributed by atoms with Crippen LogP contribution in [0.25, 0.3) is 0 Å². The van der Waals surface area contributed by atoms with E-state index in [2.05, 4.69) is 44.0 Å². The average molecular weight is 362 g/mol. The van der Waals surface area contributed by atoms with Crippen LogP contribution in [-0.2, 0) is 13.0 Å². The first-order valence-electron chi connectivity index (χ1n) is 9.31. The van der Waals surface area contributed by atoms with Crippen LogP contribution in [0.4, 0.5) is 8.78 Å². The number of hydrogen-bond donors (Lipinski definition) is 1. The van der Waals surface area contributed by atoms with Gasteiger partial charge in [-0.3, -0.25) is 0 Å². The molecule has 26 heavy (non-hydrogen) atoms. The Hall–Kier alpha value is -1.74. The van der Waals surface area contributed by atoms with Crippen LogP contribution in [0, 0.1) is 5.41 Å². The molecule has 0 aliphatic carbocycles. The molecule has 1 rings (SSSR count). The van der Waals surface area contributed by atoms with Gasteiger partial charge in [0.2, 0.25) is 6.43 Å². The first-order chi connectivity index (χ1) is 12.3. The summed E-state index contributed by atoms with van der Waals surface area (Å²) in [6, 6.07) is 8.23. The third-order valence-electron chi connectivity index (χ3n) is 4.76. The fourth-order valence-corrected chi connectivity index (χ4v) is 2.78. The van der Waals surface area contributed by atoms with Crippen LogP contribution in [0.3, 0.4) is 0 Å². The number of hydrogen-bond acceptors (Lipinski definition) is 1. The standard InChI is InChI=1S/C23H33F2N/c1-6-9-18(3)21(7-2)13-15-26-17-20-11-8-10-19(16-20)12-14-23(4,5)22(24)25/h6-11,16,22,26H,1,12-15,17H2,2-5H3/b18-9+,21-7-. The number of allylic oxidation sites excluding steroid dienone is 4. The largest absolute Gasteiger partial charge is 0.312 e. The Morgan fingerprint density at radius 2 is 1.96 bits per heavy atom. The summed E-state index contributed by atoms with van der Waals surface area (Å²) in [5.41, 5.74) is 3.94. The van der Waals surface area contributed by atoms with Gasteiger partial charge in [0.1, 0.15) is 0 Å². The molecule has 144 valence electrons. The molecule has 0 saturated heterocycles. The molecule has 1 nitrogen and oxygen atoms in total. The van der Waals surface area contributed by atoms with E-state index in [-0.39, 0.29) is 0 Å². The third kappa shape index (κ3) is 7.65. The summed E-state index contributed by atoms with van der Waals surface area (Å²) in [7, 11) is 0. The highest BCUT2D eigenvalue weighted by Crippen LogP contribution is 2.30. The molecule has 0 heterocycles. The van der Waals surface area contributed by atoms with Crippen molar-refractivity contribution in [1.29, 1.82) is 0 Å². The normalized spacial score (nSPS) is 13.3. The molecule has 0 saturated carbocycles. The van der Waals surface area contributed by atoms with E-state index in [9.17, 15) is 8.78 Å². The first kappa shape index (κ1) is 22.3. The second kappa shape index (κ2) is 11.1. The van der Waals surface area contributed by atoms with Gasteiger partial charge in [0.25, 0.3) is 0 Å². The van der Waals surface area contributed by atoms with Crippen molar-refractivity contribution in [2.24, 2.45) is 5.41 Å². The second-order valence-electron chi connectivity index (χ2n) is 7.44. The lowest BCUT2D eigenvalue weighted by atomic mass is 9.86. The van der Waals surface area contributed by atoms with Gasteiger partial charge >= 0.3 is 0 Å². The number of alkyl halides is 2. The highest BCUT2D eigenvalue weighted by Gasteiger charge is 2.28. The van der Waals surface area contributed by atoms with Crippen molar-refractivity contribution >= 4 is 0 Å². The molecule has 1 aromatic carbocycles. The van der Waals surface area contributed by atoms with Crippen LogP contribution in [0.15, 0.2) is 60.2 Å². The number of nitrogens with one attached hydrogen (secondary N) is 1. The molecule has 3 heteroatoms. The zero-order chi connectivity index (χ0) is 19.6. The molecule has 1 aromatic rings. The van der Waals surface area contributed by atoms with Gasteiger partial charge in [-0.15, -0.1) is 0 Å². The van der Waals surface area contributed by atoms with E-state index in [0.717, 1.165) is 25.1 Å². The molecule has 0 aliphatic rings. The molecule has 0 fully saturated rings. The van der Waals surface area contributed by atoms with Gasteiger partial charge in [-0.05, 0) is 61.9 Å². The maximum atomic E-state index is 13.0. The molecule has 0 spiro atoms. The van der Waals surface area contributed by atoms with E-state index in [1.807, 2.05) is 24.3 Å². The number of aryl methyl sites for hydroxylation is 1. The van der Waals surface area contributed by atoms with Crippen molar-refractivity contribution in [2.45, 2.75) is 59.9 Å². The Kier molecular flexibility index (Phi) is 9.50. The summed E-state index contributed by atoms with van der Waals surface area (Å²) >= 11 is 0. The topological polar surface area (TPSA) is 12.0 Å². The zero-order valence-electron chi connectivity index (χ0n) is 16.6. The van der Waals surface area contributed by atoms with Gasteiger partial charge in [-0.25, -0.2) is 8.78 Å². The van der Waals surface area contributed by atoms with Gasteiger partial charge in [-0.1, -0.05) is 62.9 Å².